The highest BCUT2D eigenvalue weighted by molar-refractivity contribution is 7.92. The minimum atomic E-state index is -3.38. The number of anilines is 3. The van der Waals surface area contributed by atoms with Gasteiger partial charge in [-0.25, -0.2) is 8.42 Å². The first-order valence-corrected chi connectivity index (χ1v) is 12.2. The Hall–Kier alpha value is -3.17. The highest BCUT2D eigenvalue weighted by atomic mass is 32.2. The van der Waals surface area contributed by atoms with Crippen molar-refractivity contribution in [1.82, 2.24) is 0 Å². The molecule has 0 fully saturated rings. The van der Waals surface area contributed by atoms with Crippen LogP contribution in [-0.4, -0.2) is 33.0 Å². The fourth-order valence-electron chi connectivity index (χ4n) is 2.95. The predicted octanol–water partition coefficient (Wildman–Crippen LogP) is 4.43. The number of nitrogens with one attached hydrogen (secondary N) is 2. The van der Waals surface area contributed by atoms with Gasteiger partial charge in [-0.3, -0.25) is 14.3 Å². The molecule has 2 amide bonds. The van der Waals surface area contributed by atoms with Gasteiger partial charge in [0.25, 0.3) is 11.8 Å². The summed E-state index contributed by atoms with van der Waals surface area (Å²) in [4.78, 5) is 27.6. The molecule has 1 aromatic heterocycles. The van der Waals surface area contributed by atoms with Crippen LogP contribution in [0.15, 0.2) is 66.0 Å². The monoisotopic (exact) mass is 457 g/mol. The first-order valence-electron chi connectivity index (χ1n) is 9.63. The Labute approximate surface area is 185 Å². The molecule has 9 heteroatoms. The summed E-state index contributed by atoms with van der Waals surface area (Å²) in [5.41, 5.74) is 1.77. The third-order valence-electron chi connectivity index (χ3n) is 4.44. The Kier molecular flexibility index (Phi) is 7.09. The molecule has 0 aliphatic rings. The topological polar surface area (TPSA) is 95.6 Å². The van der Waals surface area contributed by atoms with Crippen LogP contribution in [0.2, 0.25) is 0 Å². The lowest BCUT2D eigenvalue weighted by atomic mass is 10.1. The molecule has 2 N–H and O–H groups in total. The van der Waals surface area contributed by atoms with Crippen LogP contribution in [0.3, 0.4) is 0 Å². The molecule has 2 aromatic carbocycles. The molecular formula is C22H23N3O4S2. The van der Waals surface area contributed by atoms with Gasteiger partial charge in [0.1, 0.15) is 0 Å². The molecule has 31 heavy (non-hydrogen) atoms. The zero-order valence-corrected chi connectivity index (χ0v) is 18.8. The van der Waals surface area contributed by atoms with Gasteiger partial charge in [-0.2, -0.15) is 0 Å². The van der Waals surface area contributed by atoms with E-state index in [2.05, 4.69) is 10.0 Å². The second kappa shape index (κ2) is 9.76. The highest BCUT2D eigenvalue weighted by Gasteiger charge is 2.20. The van der Waals surface area contributed by atoms with E-state index in [1.807, 2.05) is 5.38 Å². The van der Waals surface area contributed by atoms with E-state index in [0.29, 0.717) is 33.9 Å². The van der Waals surface area contributed by atoms with Gasteiger partial charge in [-0.05, 0) is 54.3 Å². The van der Waals surface area contributed by atoms with Crippen LogP contribution >= 0.6 is 11.3 Å². The molecule has 0 spiro atoms. The van der Waals surface area contributed by atoms with Crippen molar-refractivity contribution in [3.05, 3.63) is 76.5 Å². The molecule has 0 bridgehead atoms. The van der Waals surface area contributed by atoms with E-state index in [0.717, 1.165) is 0 Å². The number of nitrogens with zero attached hydrogens (tertiary/aromatic N) is 1. The quantitative estimate of drug-likeness (QED) is 0.523. The molecule has 0 saturated heterocycles. The molecule has 162 valence electrons. The Bertz CT molecular complexity index is 1160. The number of carbonyl (C=O) groups is 2. The first kappa shape index (κ1) is 22.5. The van der Waals surface area contributed by atoms with Crippen molar-refractivity contribution >= 4 is 50.2 Å². The van der Waals surface area contributed by atoms with Gasteiger partial charge in [-0.15, -0.1) is 11.3 Å². The number of amides is 2. The lowest BCUT2D eigenvalue weighted by Crippen LogP contribution is -2.28. The van der Waals surface area contributed by atoms with Crippen LogP contribution in [0, 0.1) is 0 Å². The number of rotatable bonds is 8. The zero-order chi connectivity index (χ0) is 22.4. The van der Waals surface area contributed by atoms with Crippen LogP contribution in [0.25, 0.3) is 0 Å². The molecule has 1 heterocycles. The maximum atomic E-state index is 12.9. The van der Waals surface area contributed by atoms with Crippen molar-refractivity contribution in [2.75, 3.05) is 27.7 Å². The van der Waals surface area contributed by atoms with Crippen molar-refractivity contribution in [1.29, 1.82) is 0 Å². The molecule has 3 rings (SSSR count). The number of para-hydroxylation sites is 1. The number of sulfonamides is 1. The van der Waals surface area contributed by atoms with Gasteiger partial charge in [0.05, 0.1) is 21.9 Å². The van der Waals surface area contributed by atoms with Gasteiger partial charge in [-0.1, -0.05) is 25.1 Å². The fraction of sp³-hybridized carbons (Fsp3) is 0.182. The predicted molar refractivity (Wildman–Crippen MR) is 126 cm³/mol. The van der Waals surface area contributed by atoms with Gasteiger partial charge in [0.15, 0.2) is 0 Å². The number of hydrogen-bond acceptors (Lipinski definition) is 5. The summed E-state index contributed by atoms with van der Waals surface area (Å²) in [7, 11) is -1.75. The number of carbonyl (C=O) groups excluding carboxylic acids is 2. The highest BCUT2D eigenvalue weighted by Crippen LogP contribution is 2.24. The van der Waals surface area contributed by atoms with E-state index in [9.17, 15) is 18.0 Å². The second-order valence-electron chi connectivity index (χ2n) is 6.81. The van der Waals surface area contributed by atoms with Crippen LogP contribution in [0.5, 0.6) is 0 Å². The van der Waals surface area contributed by atoms with Crippen LogP contribution in [0.1, 0.15) is 33.4 Å². The molecule has 0 saturated carbocycles. The van der Waals surface area contributed by atoms with Crippen LogP contribution in [0.4, 0.5) is 17.1 Å². The summed E-state index contributed by atoms with van der Waals surface area (Å²) < 4.78 is 26.3. The normalized spacial score (nSPS) is 11.0. The van der Waals surface area contributed by atoms with Gasteiger partial charge in [0.2, 0.25) is 10.0 Å². The first-order chi connectivity index (χ1) is 14.8. The molecular weight excluding hydrogens is 434 g/mol. The molecule has 0 aliphatic carbocycles. The Morgan fingerprint density at radius 3 is 2.29 bits per heavy atom. The second-order valence-corrected chi connectivity index (χ2v) is 9.60. The van der Waals surface area contributed by atoms with E-state index >= 15 is 0 Å². The fourth-order valence-corrected chi connectivity index (χ4v) is 4.79. The van der Waals surface area contributed by atoms with Crippen LogP contribution < -0.4 is 14.9 Å². The summed E-state index contributed by atoms with van der Waals surface area (Å²) in [5, 5.41) is 4.62. The van der Waals surface area contributed by atoms with E-state index in [1.165, 1.54) is 16.2 Å². The zero-order valence-electron chi connectivity index (χ0n) is 17.2. The Balaban J connectivity index is 1.75. The third-order valence-corrected chi connectivity index (χ3v) is 6.79. The number of thiophene rings is 1. The lowest BCUT2D eigenvalue weighted by molar-refractivity contribution is 0.0996. The van der Waals surface area contributed by atoms with Crippen molar-refractivity contribution < 1.29 is 18.0 Å². The standard InChI is InChI=1S/C22H23N3O4S2/c1-3-15-31(28,29)24-17-12-10-16(11-13-17)23-21(26)18-7-4-5-8-19(18)25(2)22(27)20-9-6-14-30-20/h4-14,24H,3,15H2,1-2H3,(H,23,26). The Morgan fingerprint density at radius 1 is 0.968 bits per heavy atom. The van der Waals surface area contributed by atoms with Crippen molar-refractivity contribution in [2.45, 2.75) is 13.3 Å². The van der Waals surface area contributed by atoms with E-state index in [4.69, 9.17) is 0 Å². The van der Waals surface area contributed by atoms with Crippen molar-refractivity contribution in [2.24, 2.45) is 0 Å². The number of benzene rings is 2. The maximum Gasteiger partial charge on any atom is 0.268 e. The van der Waals surface area contributed by atoms with E-state index < -0.39 is 10.0 Å². The molecule has 7 nitrogen and oxygen atoms in total. The van der Waals surface area contributed by atoms with Crippen LogP contribution in [-0.2, 0) is 10.0 Å². The average molecular weight is 458 g/mol. The third kappa shape index (κ3) is 5.71. The molecule has 3 aromatic rings. The largest absolute Gasteiger partial charge is 0.322 e. The molecule has 0 atom stereocenters. The molecule has 0 aliphatic heterocycles. The summed E-state index contributed by atoms with van der Waals surface area (Å²) in [5.74, 6) is -0.528. The minimum Gasteiger partial charge on any atom is -0.322 e. The van der Waals surface area contributed by atoms with Gasteiger partial charge < -0.3 is 10.2 Å². The maximum absolute atomic E-state index is 12.9. The summed E-state index contributed by atoms with van der Waals surface area (Å²) in [6, 6.07) is 16.8. The summed E-state index contributed by atoms with van der Waals surface area (Å²) in [6.45, 7) is 1.79. The van der Waals surface area contributed by atoms with E-state index in [-0.39, 0.29) is 17.6 Å². The SMILES string of the molecule is CCCS(=O)(=O)Nc1ccc(NC(=O)c2ccccc2N(C)C(=O)c2cccs2)cc1. The van der Waals surface area contributed by atoms with Gasteiger partial charge >= 0.3 is 0 Å². The van der Waals surface area contributed by atoms with E-state index in [1.54, 1.807) is 74.6 Å². The summed E-state index contributed by atoms with van der Waals surface area (Å²) in [6.07, 6.45) is 0.520. The molecule has 0 radical (unpaired) electrons. The number of hydrogen-bond donors (Lipinski definition) is 2. The lowest BCUT2D eigenvalue weighted by Gasteiger charge is -2.20. The van der Waals surface area contributed by atoms with Crippen molar-refractivity contribution in [3.8, 4) is 0 Å². The van der Waals surface area contributed by atoms with Gasteiger partial charge in [0, 0.05) is 18.4 Å². The minimum absolute atomic E-state index is 0.0416. The van der Waals surface area contributed by atoms with Crippen molar-refractivity contribution in [3.63, 3.8) is 0 Å². The Morgan fingerprint density at radius 2 is 1.65 bits per heavy atom. The summed E-state index contributed by atoms with van der Waals surface area (Å²) >= 11 is 1.34. The smallest absolute Gasteiger partial charge is 0.268 e. The molecule has 0 unspecified atom stereocenters. The average Bonchev–Trinajstić information content (AvgIpc) is 3.28.